The molecule has 0 N–H and O–H groups in total. The monoisotopic (exact) mass is 614 g/mol. The number of unbranched alkanes of at least 4 members (excludes halogenated alkanes) is 2. The number of hydrogen-bond donors (Lipinski definition) is 0. The Kier molecular flexibility index (Phi) is 13.6. The van der Waals surface area contributed by atoms with Crippen molar-refractivity contribution in [2.75, 3.05) is 13.2 Å². The summed E-state index contributed by atoms with van der Waals surface area (Å²) in [5.74, 6) is 0. The van der Waals surface area contributed by atoms with Gasteiger partial charge in [0, 0.05) is 0 Å². The molecular weight excluding hydrogens is 575 g/mol. The molecule has 154 valence electrons. The van der Waals surface area contributed by atoms with E-state index in [2.05, 4.69) is 74.5 Å². The second kappa shape index (κ2) is 15.7. The summed E-state index contributed by atoms with van der Waals surface area (Å²) in [5.41, 5.74) is 2.71. The van der Waals surface area contributed by atoms with Gasteiger partial charge in [0.25, 0.3) is 0 Å². The fraction of sp³-hybridized carbons (Fsp3) is 0.500. The molecule has 2 aromatic carbocycles. The van der Waals surface area contributed by atoms with E-state index in [0.717, 1.165) is 26.1 Å². The summed E-state index contributed by atoms with van der Waals surface area (Å²) in [4.78, 5) is 0. The Morgan fingerprint density at radius 3 is 1.39 bits per heavy atom. The molecule has 2 rings (SSSR count). The van der Waals surface area contributed by atoms with E-state index in [4.69, 9.17) is 9.47 Å². The second-order valence-corrected chi connectivity index (χ2v) is 19.1. The average Bonchev–Trinajstić information content (AvgIpc) is 2.75. The van der Waals surface area contributed by atoms with Crippen LogP contribution in [-0.2, 0) is 9.47 Å². The van der Waals surface area contributed by atoms with Crippen molar-refractivity contribution in [2.24, 2.45) is 0 Å². The van der Waals surface area contributed by atoms with Gasteiger partial charge in [-0.3, -0.25) is 0 Å². The maximum absolute atomic E-state index is 6.26. The topological polar surface area (TPSA) is 18.5 Å². The summed E-state index contributed by atoms with van der Waals surface area (Å²) < 4.78 is 15.0. The summed E-state index contributed by atoms with van der Waals surface area (Å²) >= 11 is 0.0426. The van der Waals surface area contributed by atoms with Crippen LogP contribution in [0.25, 0.3) is 0 Å². The zero-order chi connectivity index (χ0) is 19.9. The van der Waals surface area contributed by atoms with Gasteiger partial charge < -0.3 is 0 Å². The SMILES string of the molecule is CCCCOC(C[Te][Te]CC(OCCCC)c1ccccc1)c1ccccc1. The molecule has 0 aliphatic heterocycles. The quantitative estimate of drug-likeness (QED) is 0.175. The minimum absolute atomic E-state index is 0.0213. The van der Waals surface area contributed by atoms with E-state index in [1.807, 2.05) is 0 Å². The average molecular weight is 610 g/mol. The third kappa shape index (κ3) is 9.63. The Labute approximate surface area is 188 Å². The molecule has 2 atom stereocenters. The predicted octanol–water partition coefficient (Wildman–Crippen LogP) is 6.26. The van der Waals surface area contributed by atoms with Crippen molar-refractivity contribution in [1.29, 1.82) is 0 Å². The molecule has 0 aliphatic rings. The van der Waals surface area contributed by atoms with Crippen LogP contribution in [-0.4, -0.2) is 47.3 Å². The van der Waals surface area contributed by atoms with E-state index in [1.54, 1.807) is 0 Å². The molecule has 0 fully saturated rings. The van der Waals surface area contributed by atoms with Crippen LogP contribution < -0.4 is 0 Å². The van der Waals surface area contributed by atoms with Crippen molar-refractivity contribution in [2.45, 2.75) is 60.7 Å². The summed E-state index contributed by atoms with van der Waals surface area (Å²) in [5, 5.41) is 0. The van der Waals surface area contributed by atoms with Crippen LogP contribution in [0.15, 0.2) is 60.7 Å². The van der Waals surface area contributed by atoms with Crippen molar-refractivity contribution in [1.82, 2.24) is 0 Å². The normalized spacial score (nSPS) is 13.4. The Bertz CT molecular complexity index is 551. The summed E-state index contributed by atoms with van der Waals surface area (Å²) in [6.07, 6.45) is 5.30. The molecule has 0 amide bonds. The van der Waals surface area contributed by atoms with E-state index in [1.165, 1.54) is 32.9 Å². The van der Waals surface area contributed by atoms with Crippen molar-refractivity contribution >= 4 is 34.1 Å². The van der Waals surface area contributed by atoms with Gasteiger partial charge in [0.1, 0.15) is 0 Å². The molecule has 4 heteroatoms. The number of ether oxygens (including phenoxy) is 2. The molecule has 2 nitrogen and oxygen atoms in total. The molecule has 0 aromatic heterocycles. The molecule has 0 spiro atoms. The first-order valence-electron chi connectivity index (χ1n) is 10.4. The molecular formula is C24H34O2Te2. The molecule has 0 saturated carbocycles. The van der Waals surface area contributed by atoms with Crippen LogP contribution in [0.3, 0.4) is 0 Å². The fourth-order valence-corrected chi connectivity index (χ4v) is 14.1. The molecule has 2 unspecified atom stereocenters. The Morgan fingerprint density at radius 2 is 1.04 bits per heavy atom. The van der Waals surface area contributed by atoms with E-state index in [-0.39, 0.29) is 34.1 Å². The molecule has 28 heavy (non-hydrogen) atoms. The van der Waals surface area contributed by atoms with Crippen LogP contribution >= 0.6 is 0 Å². The van der Waals surface area contributed by atoms with Crippen LogP contribution in [0.2, 0.25) is 8.94 Å². The second-order valence-electron chi connectivity index (χ2n) is 6.82. The van der Waals surface area contributed by atoms with Crippen molar-refractivity contribution in [3.8, 4) is 0 Å². The van der Waals surface area contributed by atoms with Crippen LogP contribution in [0.1, 0.15) is 62.9 Å². The van der Waals surface area contributed by atoms with Crippen molar-refractivity contribution in [3.63, 3.8) is 0 Å². The van der Waals surface area contributed by atoms with E-state index in [0.29, 0.717) is 12.2 Å². The van der Waals surface area contributed by atoms with Gasteiger partial charge in [0.2, 0.25) is 0 Å². The van der Waals surface area contributed by atoms with Gasteiger partial charge in [-0.2, -0.15) is 0 Å². The molecule has 0 bridgehead atoms. The van der Waals surface area contributed by atoms with Gasteiger partial charge in [-0.15, -0.1) is 0 Å². The van der Waals surface area contributed by atoms with Crippen LogP contribution in [0.4, 0.5) is 0 Å². The predicted molar refractivity (Wildman–Crippen MR) is 121 cm³/mol. The van der Waals surface area contributed by atoms with Crippen molar-refractivity contribution < 1.29 is 9.47 Å². The number of hydrogen-bond acceptors (Lipinski definition) is 2. The summed E-state index contributed by atoms with van der Waals surface area (Å²) in [6, 6.07) is 21.6. The molecule has 0 saturated heterocycles. The standard InChI is InChI=1S/C24H34O2Te2/c1-3-5-17-25-23(21-13-9-7-10-14-21)19-27-28-20-24(26-18-6-4-2)22-15-11-8-12-16-22/h7-16,23-24H,3-6,17-20H2,1-2H3. The summed E-state index contributed by atoms with van der Waals surface area (Å²) in [6.45, 7) is 6.22. The summed E-state index contributed by atoms with van der Waals surface area (Å²) in [7, 11) is 0. The van der Waals surface area contributed by atoms with E-state index < -0.39 is 0 Å². The van der Waals surface area contributed by atoms with Gasteiger partial charge in [0.05, 0.1) is 0 Å². The number of benzene rings is 2. The third-order valence-corrected chi connectivity index (χ3v) is 15.9. The first-order valence-corrected chi connectivity index (χ1v) is 21.1. The first-order chi connectivity index (χ1) is 13.8. The van der Waals surface area contributed by atoms with Gasteiger partial charge >= 0.3 is 189 Å². The Balaban J connectivity index is 1.84. The maximum atomic E-state index is 6.26. The molecule has 0 aliphatic carbocycles. The van der Waals surface area contributed by atoms with E-state index in [9.17, 15) is 0 Å². The van der Waals surface area contributed by atoms with Crippen LogP contribution in [0, 0.1) is 0 Å². The molecule has 2 aromatic rings. The molecule has 0 radical (unpaired) electrons. The zero-order valence-electron chi connectivity index (χ0n) is 17.2. The van der Waals surface area contributed by atoms with Gasteiger partial charge in [0.15, 0.2) is 0 Å². The van der Waals surface area contributed by atoms with Crippen molar-refractivity contribution in [3.05, 3.63) is 71.8 Å². The molecule has 0 heterocycles. The first kappa shape index (κ1) is 24.2. The third-order valence-electron chi connectivity index (χ3n) is 4.50. The van der Waals surface area contributed by atoms with Gasteiger partial charge in [-0.25, -0.2) is 0 Å². The van der Waals surface area contributed by atoms with Gasteiger partial charge in [-0.1, -0.05) is 0 Å². The van der Waals surface area contributed by atoms with Gasteiger partial charge in [-0.05, 0) is 0 Å². The number of rotatable bonds is 15. The Hall–Kier alpha value is -0.0608. The van der Waals surface area contributed by atoms with Crippen LogP contribution in [0.5, 0.6) is 0 Å². The zero-order valence-corrected chi connectivity index (χ0v) is 21.9. The minimum atomic E-state index is 0.0213. The van der Waals surface area contributed by atoms with E-state index >= 15 is 0 Å². The fourth-order valence-electron chi connectivity index (χ4n) is 2.78. The Morgan fingerprint density at radius 1 is 0.643 bits per heavy atom.